The molecule has 0 spiro atoms. The fourth-order valence-corrected chi connectivity index (χ4v) is 2.11. The number of aromatic nitrogens is 3. The molecule has 0 saturated heterocycles. The molecule has 0 aliphatic rings. The lowest BCUT2D eigenvalue weighted by Gasteiger charge is -2.07. The Labute approximate surface area is 115 Å². The van der Waals surface area contributed by atoms with E-state index in [2.05, 4.69) is 33.2 Å². The van der Waals surface area contributed by atoms with E-state index in [0.717, 1.165) is 35.1 Å². The molecular formula is C13H16BrN3O. The summed E-state index contributed by atoms with van der Waals surface area (Å²) < 4.78 is 2.91. The van der Waals surface area contributed by atoms with E-state index in [1.165, 1.54) is 0 Å². The van der Waals surface area contributed by atoms with E-state index in [-0.39, 0.29) is 6.61 Å². The van der Waals surface area contributed by atoms with E-state index in [1.54, 1.807) is 0 Å². The number of halogens is 1. The Morgan fingerprint density at radius 2 is 2.00 bits per heavy atom. The van der Waals surface area contributed by atoms with Crippen molar-refractivity contribution in [2.75, 3.05) is 0 Å². The summed E-state index contributed by atoms with van der Waals surface area (Å²) in [6, 6.07) is 7.97. The van der Waals surface area contributed by atoms with Crippen molar-refractivity contribution < 1.29 is 5.11 Å². The molecule has 0 saturated carbocycles. The Morgan fingerprint density at radius 1 is 1.28 bits per heavy atom. The third-order valence-electron chi connectivity index (χ3n) is 2.80. The first kappa shape index (κ1) is 13.2. The van der Waals surface area contributed by atoms with Crippen molar-refractivity contribution in [2.24, 2.45) is 0 Å². The second-order valence-electron chi connectivity index (χ2n) is 4.13. The molecular weight excluding hydrogens is 294 g/mol. The van der Waals surface area contributed by atoms with Gasteiger partial charge in [0.25, 0.3) is 0 Å². The van der Waals surface area contributed by atoms with E-state index in [1.807, 2.05) is 28.9 Å². The topological polar surface area (TPSA) is 50.9 Å². The first-order valence-corrected chi connectivity index (χ1v) is 6.84. The number of nitrogens with zero attached hydrogens (tertiary/aromatic N) is 3. The lowest BCUT2D eigenvalue weighted by molar-refractivity contribution is 0.277. The zero-order valence-electron chi connectivity index (χ0n) is 10.3. The molecule has 0 aliphatic heterocycles. The summed E-state index contributed by atoms with van der Waals surface area (Å²) in [5.41, 5.74) is 2.58. The Morgan fingerprint density at radius 3 is 2.61 bits per heavy atom. The molecule has 1 N–H and O–H groups in total. The number of rotatable bonds is 5. The second kappa shape index (κ2) is 6.11. The average molecular weight is 310 g/mol. The lowest BCUT2D eigenvalue weighted by atomic mass is 10.1. The van der Waals surface area contributed by atoms with Crippen LogP contribution >= 0.6 is 15.9 Å². The largest absolute Gasteiger partial charge is 0.390 e. The van der Waals surface area contributed by atoms with Crippen molar-refractivity contribution in [2.45, 2.75) is 32.9 Å². The van der Waals surface area contributed by atoms with Crippen LogP contribution in [0.3, 0.4) is 0 Å². The standard InChI is InChI=1S/C13H16BrN3O/c1-2-3-8-17-13(12(9-18)15-16-17)10-4-6-11(14)7-5-10/h4-7,18H,2-3,8-9H2,1H3. The summed E-state index contributed by atoms with van der Waals surface area (Å²) in [6.45, 7) is 2.88. The molecule has 1 aromatic carbocycles. The van der Waals surface area contributed by atoms with Gasteiger partial charge in [0.05, 0.1) is 12.3 Å². The molecule has 1 heterocycles. The first-order chi connectivity index (χ1) is 8.76. The maximum Gasteiger partial charge on any atom is 0.116 e. The highest BCUT2D eigenvalue weighted by Gasteiger charge is 2.13. The molecule has 1 aromatic heterocycles. The summed E-state index contributed by atoms with van der Waals surface area (Å²) in [6.07, 6.45) is 2.16. The third kappa shape index (κ3) is 2.79. The van der Waals surface area contributed by atoms with Gasteiger partial charge in [-0.05, 0) is 18.6 Å². The molecule has 0 fully saturated rings. The fraction of sp³-hybridized carbons (Fsp3) is 0.385. The molecule has 4 nitrogen and oxygen atoms in total. The Hall–Kier alpha value is -1.20. The van der Waals surface area contributed by atoms with Gasteiger partial charge in [0, 0.05) is 16.6 Å². The predicted molar refractivity (Wildman–Crippen MR) is 74.0 cm³/mol. The summed E-state index contributed by atoms with van der Waals surface area (Å²) in [5.74, 6) is 0. The minimum absolute atomic E-state index is 0.0858. The van der Waals surface area contributed by atoms with Gasteiger partial charge < -0.3 is 5.11 Å². The summed E-state index contributed by atoms with van der Waals surface area (Å²) >= 11 is 3.42. The zero-order valence-corrected chi connectivity index (χ0v) is 11.9. The molecule has 18 heavy (non-hydrogen) atoms. The molecule has 96 valence electrons. The van der Waals surface area contributed by atoms with Gasteiger partial charge in [-0.1, -0.05) is 46.6 Å². The van der Waals surface area contributed by atoms with Crippen molar-refractivity contribution in [3.8, 4) is 11.3 Å². The number of benzene rings is 1. The van der Waals surface area contributed by atoms with Crippen LogP contribution in [0.5, 0.6) is 0 Å². The van der Waals surface area contributed by atoms with Crippen molar-refractivity contribution in [3.05, 3.63) is 34.4 Å². The van der Waals surface area contributed by atoms with Gasteiger partial charge in [0.2, 0.25) is 0 Å². The Bertz CT molecular complexity index is 507. The van der Waals surface area contributed by atoms with Crippen LogP contribution in [-0.4, -0.2) is 20.1 Å². The van der Waals surface area contributed by atoms with E-state index in [0.29, 0.717) is 5.69 Å². The van der Waals surface area contributed by atoms with Crippen molar-refractivity contribution in [1.29, 1.82) is 0 Å². The monoisotopic (exact) mass is 309 g/mol. The highest BCUT2D eigenvalue weighted by molar-refractivity contribution is 9.10. The minimum atomic E-state index is -0.0858. The maximum absolute atomic E-state index is 9.35. The number of aliphatic hydroxyl groups excluding tert-OH is 1. The van der Waals surface area contributed by atoms with Crippen LogP contribution in [0.2, 0.25) is 0 Å². The average Bonchev–Trinajstić information content (AvgIpc) is 2.80. The normalized spacial score (nSPS) is 10.8. The number of aryl methyl sites for hydroxylation is 1. The molecule has 2 aromatic rings. The molecule has 0 bridgehead atoms. The van der Waals surface area contributed by atoms with E-state index >= 15 is 0 Å². The van der Waals surface area contributed by atoms with Gasteiger partial charge in [-0.15, -0.1) is 5.10 Å². The summed E-state index contributed by atoms with van der Waals surface area (Å²) in [7, 11) is 0. The van der Waals surface area contributed by atoms with Crippen molar-refractivity contribution in [3.63, 3.8) is 0 Å². The molecule has 0 unspecified atom stereocenters. The predicted octanol–water partition coefficient (Wildman–Crippen LogP) is 3.00. The van der Waals surface area contributed by atoms with Crippen LogP contribution in [0.25, 0.3) is 11.3 Å². The van der Waals surface area contributed by atoms with Gasteiger partial charge in [0.15, 0.2) is 0 Å². The summed E-state index contributed by atoms with van der Waals surface area (Å²) in [4.78, 5) is 0. The van der Waals surface area contributed by atoms with Gasteiger partial charge in [-0.3, -0.25) is 0 Å². The minimum Gasteiger partial charge on any atom is -0.390 e. The van der Waals surface area contributed by atoms with Crippen LogP contribution < -0.4 is 0 Å². The molecule has 5 heteroatoms. The molecule has 2 rings (SSSR count). The second-order valence-corrected chi connectivity index (χ2v) is 5.04. The van der Waals surface area contributed by atoms with Crippen LogP contribution in [0.15, 0.2) is 28.7 Å². The quantitative estimate of drug-likeness (QED) is 0.923. The Balaban J connectivity index is 2.39. The van der Waals surface area contributed by atoms with E-state index < -0.39 is 0 Å². The highest BCUT2D eigenvalue weighted by atomic mass is 79.9. The van der Waals surface area contributed by atoms with Crippen LogP contribution in [0, 0.1) is 0 Å². The van der Waals surface area contributed by atoms with E-state index in [4.69, 9.17) is 0 Å². The van der Waals surface area contributed by atoms with E-state index in [9.17, 15) is 5.11 Å². The SMILES string of the molecule is CCCCn1nnc(CO)c1-c1ccc(Br)cc1. The smallest absolute Gasteiger partial charge is 0.116 e. The van der Waals surface area contributed by atoms with Gasteiger partial charge in [-0.25, -0.2) is 4.68 Å². The number of aliphatic hydroxyl groups is 1. The number of hydrogen-bond donors (Lipinski definition) is 1. The molecule has 0 amide bonds. The van der Waals surface area contributed by atoms with Crippen molar-refractivity contribution in [1.82, 2.24) is 15.0 Å². The molecule has 0 atom stereocenters. The highest BCUT2D eigenvalue weighted by Crippen LogP contribution is 2.24. The maximum atomic E-state index is 9.35. The van der Waals surface area contributed by atoms with Crippen LogP contribution in [-0.2, 0) is 13.2 Å². The number of hydrogen-bond acceptors (Lipinski definition) is 3. The third-order valence-corrected chi connectivity index (χ3v) is 3.32. The molecule has 0 radical (unpaired) electrons. The van der Waals surface area contributed by atoms with Gasteiger partial charge in [-0.2, -0.15) is 0 Å². The fourth-order valence-electron chi connectivity index (χ4n) is 1.84. The number of unbranched alkanes of at least 4 members (excludes halogenated alkanes) is 1. The molecule has 0 aliphatic carbocycles. The van der Waals surface area contributed by atoms with Gasteiger partial charge in [0.1, 0.15) is 5.69 Å². The first-order valence-electron chi connectivity index (χ1n) is 6.05. The zero-order chi connectivity index (χ0) is 13.0. The van der Waals surface area contributed by atoms with Crippen LogP contribution in [0.1, 0.15) is 25.5 Å². The van der Waals surface area contributed by atoms with Crippen molar-refractivity contribution >= 4 is 15.9 Å². The lowest BCUT2D eigenvalue weighted by Crippen LogP contribution is -2.03. The van der Waals surface area contributed by atoms with Crippen LogP contribution in [0.4, 0.5) is 0 Å². The Kier molecular flexibility index (Phi) is 4.49. The van der Waals surface area contributed by atoms with Gasteiger partial charge >= 0.3 is 0 Å². The summed E-state index contributed by atoms with van der Waals surface area (Å²) in [5, 5.41) is 17.5.